The molecule has 1 saturated heterocycles. The van der Waals surface area contributed by atoms with Crippen LogP contribution in [0.5, 0.6) is 11.5 Å². The van der Waals surface area contributed by atoms with Crippen molar-refractivity contribution in [1.29, 1.82) is 0 Å². The maximum Gasteiger partial charge on any atom is 0.191 e. The van der Waals surface area contributed by atoms with Gasteiger partial charge >= 0.3 is 0 Å². The third-order valence-electron chi connectivity index (χ3n) is 5.01. The fraction of sp³-hybridized carbons (Fsp3) is 0.550. The highest BCUT2D eigenvalue weighted by Gasteiger charge is 2.42. The van der Waals surface area contributed by atoms with Gasteiger partial charge in [-0.2, -0.15) is 0 Å². The molecule has 5 N–H and O–H groups in total. The van der Waals surface area contributed by atoms with Crippen LogP contribution in [0.25, 0.3) is 0 Å². The Hall–Kier alpha value is -1.56. The zero-order chi connectivity index (χ0) is 21.4. The highest BCUT2D eigenvalue weighted by molar-refractivity contribution is 14.1. The smallest absolute Gasteiger partial charge is 0.191 e. The van der Waals surface area contributed by atoms with Crippen LogP contribution in [-0.2, 0) is 9.47 Å². The van der Waals surface area contributed by atoms with E-state index in [-0.39, 0.29) is 17.7 Å². The molecule has 160 valence electrons. The Labute approximate surface area is 185 Å². The average Bonchev–Trinajstić information content (AvgIpc) is 2.63. The van der Waals surface area contributed by atoms with Gasteiger partial charge in [0.25, 0.3) is 0 Å². The van der Waals surface area contributed by atoms with E-state index in [9.17, 15) is 0 Å². The van der Waals surface area contributed by atoms with E-state index in [1.54, 1.807) is 13.3 Å². The number of hydrogen-bond donors (Lipinski definition) is 3. The monoisotopic (exact) mass is 516 g/mol. The van der Waals surface area contributed by atoms with Crippen LogP contribution in [0, 0.1) is 9.49 Å². The van der Waals surface area contributed by atoms with Gasteiger partial charge in [-0.1, -0.05) is 13.8 Å². The van der Waals surface area contributed by atoms with Gasteiger partial charge < -0.3 is 30.0 Å². The minimum Gasteiger partial charge on any atom is -0.496 e. The fourth-order valence-corrected chi connectivity index (χ4v) is 3.80. The number of aliphatic imine (C=N–C) groups is 1. The van der Waals surface area contributed by atoms with Gasteiger partial charge in [-0.3, -0.25) is 5.73 Å². The van der Waals surface area contributed by atoms with Crippen LogP contribution >= 0.6 is 22.6 Å². The number of nitrogens with one attached hydrogen (secondary N) is 1. The van der Waals surface area contributed by atoms with Crippen molar-refractivity contribution in [2.45, 2.75) is 45.2 Å². The molecule has 1 atom stereocenters. The summed E-state index contributed by atoms with van der Waals surface area (Å²) >= 11 is 2.21. The first kappa shape index (κ1) is 22.1. The molecule has 29 heavy (non-hydrogen) atoms. The van der Waals surface area contributed by atoms with E-state index in [1.807, 2.05) is 26.0 Å². The van der Waals surface area contributed by atoms with Crippen molar-refractivity contribution in [2.75, 3.05) is 20.3 Å². The van der Waals surface area contributed by atoms with Crippen molar-refractivity contribution >= 4 is 28.4 Å². The lowest BCUT2D eigenvalue weighted by molar-refractivity contribution is -0.269. The lowest BCUT2D eigenvalue weighted by atomic mass is 10.0. The first-order valence-electron chi connectivity index (χ1n) is 9.50. The highest BCUT2D eigenvalue weighted by atomic mass is 127. The van der Waals surface area contributed by atoms with E-state index in [2.05, 4.69) is 46.7 Å². The molecule has 0 saturated carbocycles. The Morgan fingerprint density at radius 1 is 1.24 bits per heavy atom. The summed E-state index contributed by atoms with van der Waals surface area (Å²) in [5.41, 5.74) is 13.7. The quantitative estimate of drug-likeness (QED) is 0.516. The van der Waals surface area contributed by atoms with Crippen molar-refractivity contribution < 1.29 is 18.9 Å². The normalized spacial score (nSPS) is 24.6. The predicted octanol–water partition coefficient (Wildman–Crippen LogP) is 2.62. The number of halogens is 1. The molecule has 1 unspecified atom stereocenters. The zero-order valence-corrected chi connectivity index (χ0v) is 19.6. The lowest BCUT2D eigenvalue weighted by Crippen LogP contribution is -2.63. The van der Waals surface area contributed by atoms with Crippen LogP contribution in [0.3, 0.4) is 0 Å². The van der Waals surface area contributed by atoms with Crippen LogP contribution in [-0.4, -0.2) is 37.7 Å². The van der Waals surface area contributed by atoms with Gasteiger partial charge in [0.2, 0.25) is 0 Å². The number of methoxy groups -OCH3 is 1. The summed E-state index contributed by atoms with van der Waals surface area (Å²) in [6.45, 7) is 8.74. The Balaban J connectivity index is 1.79. The maximum atomic E-state index is 6.45. The van der Waals surface area contributed by atoms with Crippen LogP contribution < -0.4 is 26.3 Å². The molecule has 8 nitrogen and oxygen atoms in total. The fourth-order valence-electron chi connectivity index (χ4n) is 3.14. The largest absolute Gasteiger partial charge is 0.496 e. The minimum absolute atomic E-state index is 0.194. The highest BCUT2D eigenvalue weighted by Crippen LogP contribution is 2.36. The SMILES string of the molecule is COc1cc(C(C)C)c(OC2=CNC(N)(C3COC(C)(C)OC3)N=C2N)cc1I. The van der Waals surface area contributed by atoms with E-state index in [4.69, 9.17) is 30.4 Å². The predicted molar refractivity (Wildman–Crippen MR) is 120 cm³/mol. The summed E-state index contributed by atoms with van der Waals surface area (Å²) in [5, 5.41) is 3.12. The van der Waals surface area contributed by atoms with Crippen molar-refractivity contribution in [2.24, 2.45) is 22.4 Å². The van der Waals surface area contributed by atoms with Gasteiger partial charge in [-0.25, -0.2) is 4.99 Å². The third-order valence-corrected chi connectivity index (χ3v) is 5.85. The van der Waals surface area contributed by atoms with E-state index in [0.717, 1.165) is 14.9 Å². The molecule has 0 spiro atoms. The summed E-state index contributed by atoms with van der Waals surface area (Å²) < 4.78 is 23.9. The van der Waals surface area contributed by atoms with E-state index in [1.165, 1.54) is 0 Å². The second kappa shape index (κ2) is 8.29. The molecule has 2 aliphatic rings. The maximum absolute atomic E-state index is 6.45. The van der Waals surface area contributed by atoms with Crippen LogP contribution in [0.2, 0.25) is 0 Å². The van der Waals surface area contributed by atoms with Crippen LogP contribution in [0.4, 0.5) is 0 Å². The number of ether oxygens (including phenoxy) is 4. The molecule has 0 aromatic heterocycles. The Morgan fingerprint density at radius 3 is 2.45 bits per heavy atom. The summed E-state index contributed by atoms with van der Waals surface area (Å²) in [6.07, 6.45) is 1.66. The van der Waals surface area contributed by atoms with Crippen molar-refractivity contribution in [1.82, 2.24) is 5.32 Å². The number of hydrogen-bond acceptors (Lipinski definition) is 8. The second-order valence-corrected chi connectivity index (χ2v) is 9.14. The van der Waals surface area contributed by atoms with Crippen molar-refractivity contribution in [3.8, 4) is 11.5 Å². The summed E-state index contributed by atoms with van der Waals surface area (Å²) in [6, 6.07) is 3.91. The van der Waals surface area contributed by atoms with Gasteiger partial charge in [-0.05, 0) is 54.5 Å². The van der Waals surface area contributed by atoms with E-state index >= 15 is 0 Å². The molecular formula is C20H29IN4O4. The molecule has 3 rings (SSSR count). The van der Waals surface area contributed by atoms with Crippen molar-refractivity contribution in [3.63, 3.8) is 0 Å². The van der Waals surface area contributed by atoms with E-state index in [0.29, 0.717) is 24.7 Å². The third kappa shape index (κ3) is 4.79. The Kier molecular flexibility index (Phi) is 6.32. The molecule has 2 aliphatic heterocycles. The lowest BCUT2D eigenvalue weighted by Gasteiger charge is -2.42. The summed E-state index contributed by atoms with van der Waals surface area (Å²) in [5.74, 6) is 0.429. The molecule has 1 fully saturated rings. The Bertz CT molecular complexity index is 830. The second-order valence-electron chi connectivity index (χ2n) is 7.98. The van der Waals surface area contributed by atoms with Gasteiger partial charge in [0, 0.05) is 11.8 Å². The summed E-state index contributed by atoms with van der Waals surface area (Å²) in [7, 11) is 1.65. The van der Waals surface area contributed by atoms with Gasteiger partial charge in [-0.15, -0.1) is 0 Å². The van der Waals surface area contributed by atoms with Gasteiger partial charge in [0.05, 0.1) is 29.8 Å². The Morgan fingerprint density at radius 2 is 1.90 bits per heavy atom. The molecule has 0 aliphatic carbocycles. The van der Waals surface area contributed by atoms with Gasteiger partial charge in [0.15, 0.2) is 23.2 Å². The minimum atomic E-state index is -1.12. The molecule has 0 bridgehead atoms. The molecular weight excluding hydrogens is 487 g/mol. The standard InChI is InChI=1S/C20H29IN4O4/c1-11(2)13-6-16(26-5)14(21)7-15(13)29-17-8-24-20(23,25-18(17)22)12-9-27-19(3,4)28-10-12/h6-8,11-12,24H,9-10,23H2,1-5H3,(H2,22,25). The molecule has 0 amide bonds. The zero-order valence-electron chi connectivity index (χ0n) is 17.4. The molecule has 2 heterocycles. The first-order chi connectivity index (χ1) is 13.5. The number of amidine groups is 1. The topological polar surface area (TPSA) is 113 Å². The first-order valence-corrected chi connectivity index (χ1v) is 10.6. The van der Waals surface area contributed by atoms with E-state index < -0.39 is 11.6 Å². The number of benzene rings is 1. The molecule has 9 heteroatoms. The van der Waals surface area contributed by atoms with Gasteiger partial charge in [0.1, 0.15) is 11.5 Å². The molecule has 1 aromatic carbocycles. The van der Waals surface area contributed by atoms with Crippen LogP contribution in [0.1, 0.15) is 39.2 Å². The van der Waals surface area contributed by atoms with Crippen molar-refractivity contribution in [3.05, 3.63) is 33.2 Å². The average molecular weight is 516 g/mol. The molecule has 0 radical (unpaired) electrons. The number of rotatable bonds is 5. The number of nitrogens with zero attached hydrogens (tertiary/aromatic N) is 1. The van der Waals surface area contributed by atoms with Crippen LogP contribution in [0.15, 0.2) is 29.1 Å². The summed E-state index contributed by atoms with van der Waals surface area (Å²) in [4.78, 5) is 4.48. The molecule has 1 aromatic rings. The number of nitrogens with two attached hydrogens (primary N) is 2.